The third-order valence-corrected chi connectivity index (χ3v) is 2.86. The molecule has 3 heteroatoms. The lowest BCUT2D eigenvalue weighted by molar-refractivity contribution is 0.217. The summed E-state index contributed by atoms with van der Waals surface area (Å²) in [7, 11) is 1.62. The van der Waals surface area contributed by atoms with Crippen molar-refractivity contribution < 1.29 is 9.29 Å². The zero-order valence-corrected chi connectivity index (χ0v) is 8.47. The number of methoxy groups -OCH3 is 1. The van der Waals surface area contributed by atoms with Gasteiger partial charge in [0.2, 0.25) is 0 Å². The second-order valence-corrected chi connectivity index (χ2v) is 4.25. The zero-order valence-electron chi connectivity index (χ0n) is 7.66. The molecule has 0 aliphatic heterocycles. The topological polar surface area (TPSA) is 32.3 Å². The van der Waals surface area contributed by atoms with Crippen molar-refractivity contribution in [3.63, 3.8) is 0 Å². The maximum atomic E-state index is 11.4. The van der Waals surface area contributed by atoms with Crippen LogP contribution in [0.15, 0.2) is 24.3 Å². The molecule has 0 N–H and O–H groups in total. The maximum absolute atomic E-state index is 11.4. The predicted octanol–water partition coefficient (Wildman–Crippen LogP) is 1.38. The van der Waals surface area contributed by atoms with Gasteiger partial charge in [0, 0.05) is 12.7 Å². The highest BCUT2D eigenvalue weighted by Crippen LogP contribution is 2.05. The average molecular weight is 197 g/mol. The number of hydrogen-bond acceptors (Lipinski definition) is 2. The van der Waals surface area contributed by atoms with Crippen molar-refractivity contribution in [2.75, 3.05) is 19.5 Å². The molecule has 2 nitrogen and oxygen atoms in total. The Morgan fingerprint density at radius 3 is 3.00 bits per heavy atom. The van der Waals surface area contributed by atoms with Crippen LogP contribution in [0.5, 0.6) is 0 Å². The molecule has 1 atom stereocenters. The highest BCUT2D eigenvalue weighted by molar-refractivity contribution is 7.90. The first-order valence-corrected chi connectivity index (χ1v) is 5.61. The van der Waals surface area contributed by atoms with Crippen molar-refractivity contribution >= 4 is 11.2 Å². The first-order valence-electron chi connectivity index (χ1n) is 4.12. The summed E-state index contributed by atoms with van der Waals surface area (Å²) in [5.74, 6) is 1.17. The first-order chi connectivity index (χ1) is 6.33. The lowest BCUT2D eigenvalue weighted by Gasteiger charge is -2.09. The van der Waals surface area contributed by atoms with E-state index in [1.54, 1.807) is 7.11 Å². The van der Waals surface area contributed by atoms with E-state index in [1.165, 1.54) is 0 Å². The second kappa shape index (κ2) is 6.02. The molecule has 0 aromatic heterocycles. The summed E-state index contributed by atoms with van der Waals surface area (Å²) in [6.07, 6.45) is 0. The fraction of sp³-hybridized carbons (Fsp3) is 0.400. The van der Waals surface area contributed by atoms with E-state index < -0.39 is 11.2 Å². The average Bonchev–Trinajstić information content (AvgIpc) is 2.16. The van der Waals surface area contributed by atoms with Gasteiger partial charge < -0.3 is 9.29 Å². The Hall–Kier alpha value is -0.510. The summed E-state index contributed by atoms with van der Waals surface area (Å²) >= 11 is -0.827. The fourth-order valence-corrected chi connectivity index (χ4v) is 1.97. The monoisotopic (exact) mass is 197 g/mol. The highest BCUT2D eigenvalue weighted by atomic mass is 32.2. The van der Waals surface area contributed by atoms with Crippen molar-refractivity contribution in [3.05, 3.63) is 35.9 Å². The molecule has 1 unspecified atom stereocenters. The molecule has 1 aromatic carbocycles. The highest BCUT2D eigenvalue weighted by Gasteiger charge is 2.06. The normalized spacial score (nSPS) is 12.8. The van der Waals surface area contributed by atoms with E-state index in [-0.39, 0.29) is 0 Å². The minimum atomic E-state index is -0.827. The molecule has 0 heterocycles. The summed E-state index contributed by atoms with van der Waals surface area (Å²) in [5.41, 5.74) is 0.997. The third kappa shape index (κ3) is 4.31. The molecule has 0 spiro atoms. The summed E-state index contributed by atoms with van der Waals surface area (Å²) in [6.45, 7) is 0.555. The van der Waals surface area contributed by atoms with Gasteiger partial charge in [0.15, 0.2) is 0 Å². The second-order valence-electron chi connectivity index (χ2n) is 2.67. The quantitative estimate of drug-likeness (QED) is 0.668. The molecule has 1 rings (SSSR count). The third-order valence-electron chi connectivity index (χ3n) is 1.61. The van der Waals surface area contributed by atoms with Crippen LogP contribution in [0.3, 0.4) is 0 Å². The van der Waals surface area contributed by atoms with Gasteiger partial charge in [-0.15, -0.1) is 0 Å². The summed E-state index contributed by atoms with van der Waals surface area (Å²) in [5, 5.41) is 0. The molecular weight excluding hydrogens is 184 g/mol. The van der Waals surface area contributed by atoms with Crippen LogP contribution in [0.25, 0.3) is 0 Å². The molecular formula is C10H13O2S. The molecule has 0 bridgehead atoms. The fourth-order valence-electron chi connectivity index (χ4n) is 0.942. The van der Waals surface area contributed by atoms with E-state index in [1.807, 2.05) is 24.3 Å². The van der Waals surface area contributed by atoms with Crippen molar-refractivity contribution in [2.24, 2.45) is 0 Å². The van der Waals surface area contributed by atoms with Gasteiger partial charge >= 0.3 is 0 Å². The SMILES string of the molecule is COCC[S+]([O-])Cc1[c]cccc1. The van der Waals surface area contributed by atoms with E-state index in [9.17, 15) is 4.55 Å². The van der Waals surface area contributed by atoms with E-state index in [0.717, 1.165) is 5.56 Å². The number of ether oxygens (including phenoxy) is 1. The summed E-state index contributed by atoms with van der Waals surface area (Å²) in [6, 6.07) is 10.6. The van der Waals surface area contributed by atoms with Gasteiger partial charge in [-0.05, 0) is 17.2 Å². The van der Waals surface area contributed by atoms with Crippen LogP contribution in [0, 0.1) is 6.07 Å². The molecule has 0 fully saturated rings. The predicted molar refractivity (Wildman–Crippen MR) is 53.9 cm³/mol. The van der Waals surface area contributed by atoms with E-state index >= 15 is 0 Å². The molecule has 71 valence electrons. The van der Waals surface area contributed by atoms with Gasteiger partial charge in [-0.3, -0.25) is 0 Å². The minimum Gasteiger partial charge on any atom is -0.616 e. The Morgan fingerprint density at radius 1 is 1.54 bits per heavy atom. The summed E-state index contributed by atoms with van der Waals surface area (Å²) in [4.78, 5) is 0. The molecule has 13 heavy (non-hydrogen) atoms. The Labute approximate surface area is 82.1 Å². The first kappa shape index (κ1) is 10.6. The maximum Gasteiger partial charge on any atom is 0.131 e. The van der Waals surface area contributed by atoms with Crippen LogP contribution in [-0.2, 0) is 21.7 Å². The Morgan fingerprint density at radius 2 is 2.38 bits per heavy atom. The molecule has 0 saturated carbocycles. The van der Waals surface area contributed by atoms with Gasteiger partial charge in [0.25, 0.3) is 0 Å². The van der Waals surface area contributed by atoms with Crippen LogP contribution in [0.2, 0.25) is 0 Å². The largest absolute Gasteiger partial charge is 0.616 e. The lowest BCUT2D eigenvalue weighted by Crippen LogP contribution is -2.13. The van der Waals surface area contributed by atoms with Crippen LogP contribution < -0.4 is 0 Å². The lowest BCUT2D eigenvalue weighted by atomic mass is 10.2. The summed E-state index contributed by atoms with van der Waals surface area (Å²) < 4.78 is 16.2. The standard InChI is InChI=1S/C10H13O2S/c1-12-7-8-13(11)9-10-5-3-2-4-6-10/h2-5H,7-9H2,1H3. The van der Waals surface area contributed by atoms with Crippen molar-refractivity contribution in [2.45, 2.75) is 5.75 Å². The number of benzene rings is 1. The van der Waals surface area contributed by atoms with Crippen LogP contribution in [-0.4, -0.2) is 24.0 Å². The van der Waals surface area contributed by atoms with E-state index in [0.29, 0.717) is 18.1 Å². The van der Waals surface area contributed by atoms with E-state index in [2.05, 4.69) is 6.07 Å². The molecule has 0 aliphatic carbocycles. The smallest absolute Gasteiger partial charge is 0.131 e. The van der Waals surface area contributed by atoms with Gasteiger partial charge in [-0.1, -0.05) is 24.3 Å². The molecule has 0 saturated heterocycles. The van der Waals surface area contributed by atoms with Gasteiger partial charge in [0.05, 0.1) is 6.61 Å². The van der Waals surface area contributed by atoms with Gasteiger partial charge in [0.1, 0.15) is 11.5 Å². The van der Waals surface area contributed by atoms with Crippen molar-refractivity contribution in [1.82, 2.24) is 0 Å². The minimum absolute atomic E-state index is 0.555. The molecule has 1 aromatic rings. The molecule has 0 aliphatic rings. The number of rotatable bonds is 5. The van der Waals surface area contributed by atoms with Crippen molar-refractivity contribution in [1.29, 1.82) is 0 Å². The Kier molecular flexibility index (Phi) is 4.90. The molecule has 1 radical (unpaired) electrons. The molecule has 0 amide bonds. The Bertz CT molecular complexity index is 226. The van der Waals surface area contributed by atoms with Gasteiger partial charge in [-0.2, -0.15) is 0 Å². The van der Waals surface area contributed by atoms with Gasteiger partial charge in [-0.25, -0.2) is 0 Å². The van der Waals surface area contributed by atoms with Crippen LogP contribution in [0.4, 0.5) is 0 Å². The zero-order chi connectivity index (χ0) is 9.52. The number of hydrogen-bond donors (Lipinski definition) is 0. The van der Waals surface area contributed by atoms with Crippen LogP contribution >= 0.6 is 0 Å². The van der Waals surface area contributed by atoms with Crippen LogP contribution in [0.1, 0.15) is 5.56 Å². The Balaban J connectivity index is 2.32. The van der Waals surface area contributed by atoms with Crippen molar-refractivity contribution in [3.8, 4) is 0 Å². The van der Waals surface area contributed by atoms with E-state index in [4.69, 9.17) is 4.74 Å².